The van der Waals surface area contributed by atoms with Crippen LogP contribution in [0.2, 0.25) is 0 Å². The Morgan fingerprint density at radius 3 is 2.73 bits per heavy atom. The minimum Gasteiger partial charge on any atom is -0.393 e. The third-order valence-corrected chi connectivity index (χ3v) is 5.01. The molecular formula is C11H19N2O10P2S+. The highest BCUT2D eigenvalue weighted by Gasteiger charge is 2.61. The van der Waals surface area contributed by atoms with E-state index in [0.29, 0.717) is 0 Å². The molecule has 2 aliphatic rings. The maximum absolute atomic E-state index is 11.5. The second-order valence-electron chi connectivity index (χ2n) is 5.49. The monoisotopic (exact) mass is 433 g/mol. The van der Waals surface area contributed by atoms with E-state index in [9.17, 15) is 19.0 Å². The molecule has 0 aliphatic carbocycles. The molecule has 4 N–H and O–H groups in total. The summed E-state index contributed by atoms with van der Waals surface area (Å²) in [7, 11) is -6.05. The van der Waals surface area contributed by atoms with Gasteiger partial charge in [-0.05, 0) is 4.57 Å². The van der Waals surface area contributed by atoms with Crippen LogP contribution < -0.4 is 5.32 Å². The number of thiol groups is 1. The molecule has 0 bridgehead atoms. The first-order valence-corrected chi connectivity index (χ1v) is 11.0. The zero-order valence-electron chi connectivity index (χ0n) is 13.5. The molecule has 15 heteroatoms. The topological polar surface area (TPSA) is 164 Å². The summed E-state index contributed by atoms with van der Waals surface area (Å²) >= 11 is 3.68. The lowest BCUT2D eigenvalue weighted by Crippen LogP contribution is -2.51. The molecule has 0 aromatic carbocycles. The molecule has 0 radical (unpaired) electrons. The number of ether oxygens (including phenoxy) is 2. The van der Waals surface area contributed by atoms with E-state index in [-0.39, 0.29) is 12.6 Å². The van der Waals surface area contributed by atoms with Gasteiger partial charge in [-0.25, -0.2) is 4.57 Å². The lowest BCUT2D eigenvalue weighted by Gasteiger charge is -2.33. The van der Waals surface area contributed by atoms with E-state index in [1.54, 1.807) is 0 Å². The Hall–Kier alpha value is -0.590. The molecule has 148 valence electrons. The van der Waals surface area contributed by atoms with Gasteiger partial charge in [0.15, 0.2) is 17.9 Å². The summed E-state index contributed by atoms with van der Waals surface area (Å²) in [6, 6.07) is 0. The molecular weight excluding hydrogens is 414 g/mol. The van der Waals surface area contributed by atoms with Gasteiger partial charge in [0.05, 0.1) is 19.9 Å². The molecule has 1 amide bonds. The van der Waals surface area contributed by atoms with E-state index in [1.165, 1.54) is 24.3 Å². The highest BCUT2D eigenvalue weighted by Crippen LogP contribution is 2.46. The van der Waals surface area contributed by atoms with Crippen LogP contribution >= 0.6 is 27.3 Å². The number of amides is 1. The van der Waals surface area contributed by atoms with Gasteiger partial charge < -0.3 is 34.6 Å². The molecule has 0 aromatic heterocycles. The minimum atomic E-state index is -4.89. The summed E-state index contributed by atoms with van der Waals surface area (Å²) in [5, 5.41) is 12.4. The van der Waals surface area contributed by atoms with Crippen LogP contribution in [0.4, 0.5) is 0 Å². The van der Waals surface area contributed by atoms with Crippen molar-refractivity contribution in [1.82, 2.24) is 10.2 Å². The van der Waals surface area contributed by atoms with E-state index in [0.717, 1.165) is 0 Å². The van der Waals surface area contributed by atoms with E-state index in [2.05, 4.69) is 22.1 Å². The van der Waals surface area contributed by atoms with Gasteiger partial charge in [-0.3, -0.25) is 9.32 Å². The molecule has 0 aromatic rings. The Bertz CT molecular complexity index is 630. The minimum absolute atomic E-state index is 0.0421. The Kier molecular flexibility index (Phi) is 7.19. The Balaban J connectivity index is 2.34. The first-order chi connectivity index (χ1) is 12.1. The molecule has 1 saturated heterocycles. The molecule has 12 nitrogen and oxygen atoms in total. The lowest BCUT2D eigenvalue weighted by molar-refractivity contribution is -0.156. The zero-order chi connectivity index (χ0) is 19.5. The number of carbonyl (C=O) groups excluding carboxylic acids is 1. The van der Waals surface area contributed by atoms with Gasteiger partial charge in [-0.15, -0.1) is 4.52 Å². The van der Waals surface area contributed by atoms with E-state index in [1.807, 2.05) is 0 Å². The van der Waals surface area contributed by atoms with Crippen LogP contribution in [0.3, 0.4) is 0 Å². The zero-order valence-corrected chi connectivity index (χ0v) is 16.2. The number of nitrogens with zero attached hydrogens (tertiary/aromatic N) is 1. The smallest absolute Gasteiger partial charge is 0.393 e. The number of nitrogens with one attached hydrogen (secondary N) is 1. The Morgan fingerprint density at radius 2 is 2.27 bits per heavy atom. The number of aliphatic hydroxyl groups excluding tert-OH is 1. The van der Waals surface area contributed by atoms with Crippen molar-refractivity contribution in [2.45, 2.75) is 24.0 Å². The number of phosphoric acid groups is 1. The maximum atomic E-state index is 11.5. The fraction of sp³-hybridized carbons (Fsp3) is 0.727. The predicted octanol–water partition coefficient (Wildman–Crippen LogP) is -0.926. The number of hydrogen-bond acceptors (Lipinski definition) is 9. The molecule has 5 atom stereocenters. The van der Waals surface area contributed by atoms with Crippen LogP contribution in [0, 0.1) is 0 Å². The molecule has 26 heavy (non-hydrogen) atoms. The van der Waals surface area contributed by atoms with Crippen molar-refractivity contribution in [3.8, 4) is 0 Å². The fourth-order valence-electron chi connectivity index (χ4n) is 2.67. The molecule has 2 rings (SSSR count). The largest absolute Gasteiger partial charge is 0.582 e. The summed E-state index contributed by atoms with van der Waals surface area (Å²) in [4.78, 5) is 30.7. The maximum Gasteiger partial charge on any atom is 0.582 e. The fourth-order valence-corrected chi connectivity index (χ4v) is 3.87. The summed E-state index contributed by atoms with van der Waals surface area (Å²) in [6.45, 7) is -1.51. The number of phosphoric ester groups is 1. The van der Waals surface area contributed by atoms with Crippen LogP contribution in [-0.4, -0.2) is 76.7 Å². The number of rotatable bonds is 8. The Labute approximate surface area is 154 Å². The molecule has 5 unspecified atom stereocenters. The summed E-state index contributed by atoms with van der Waals surface area (Å²) in [5.74, 6) is -0.322. The van der Waals surface area contributed by atoms with Crippen molar-refractivity contribution in [3.63, 3.8) is 0 Å². The van der Waals surface area contributed by atoms with Crippen LogP contribution in [0.25, 0.3) is 0 Å². The molecule has 1 fully saturated rings. The van der Waals surface area contributed by atoms with Crippen molar-refractivity contribution < 1.29 is 47.3 Å². The van der Waals surface area contributed by atoms with Crippen molar-refractivity contribution >= 4 is 33.2 Å². The quantitative estimate of drug-likeness (QED) is 0.237. The average molecular weight is 433 g/mol. The predicted molar refractivity (Wildman–Crippen MR) is 88.9 cm³/mol. The van der Waals surface area contributed by atoms with Crippen molar-refractivity contribution in [2.75, 3.05) is 27.0 Å². The third kappa shape index (κ3) is 5.02. The lowest BCUT2D eigenvalue weighted by atomic mass is 9.97. The Morgan fingerprint density at radius 1 is 1.58 bits per heavy atom. The second-order valence-corrected chi connectivity index (χ2v) is 8.39. The third-order valence-electron chi connectivity index (χ3n) is 3.85. The summed E-state index contributed by atoms with van der Waals surface area (Å²) in [5.41, 5.74) is -1.80. The van der Waals surface area contributed by atoms with Crippen LogP contribution in [0.1, 0.15) is 0 Å². The van der Waals surface area contributed by atoms with Gasteiger partial charge in [0.1, 0.15) is 18.4 Å². The standard InChI is InChI=1S/C11H18N2O10P2S/c1-20-8-9(23-24(16)26)11(4-14,5-21-25(17,18)19)22-10(8)13-3-2-7(15)12-6-13/h2-3,8-10,14H,4-6H2,1H3,(H3-,12,15,16,17,18,19,26)/p+1. The first kappa shape index (κ1) is 21.7. The molecule has 2 aliphatic heterocycles. The summed E-state index contributed by atoms with van der Waals surface area (Å²) < 4.78 is 43.4. The van der Waals surface area contributed by atoms with Gasteiger partial charge in [0.2, 0.25) is 5.91 Å². The number of methoxy groups -OCH3 is 1. The van der Waals surface area contributed by atoms with Gasteiger partial charge in [-0.2, -0.15) is 0 Å². The highest BCUT2D eigenvalue weighted by atomic mass is 32.7. The van der Waals surface area contributed by atoms with Crippen molar-refractivity contribution in [3.05, 3.63) is 12.3 Å². The average Bonchev–Trinajstić information content (AvgIpc) is 2.86. The number of carbonyl (C=O) groups is 1. The number of hydrogen-bond donors (Lipinski definition) is 5. The van der Waals surface area contributed by atoms with Gasteiger partial charge in [-0.1, -0.05) is 0 Å². The molecule has 0 saturated carbocycles. The van der Waals surface area contributed by atoms with Gasteiger partial charge >= 0.3 is 15.1 Å². The van der Waals surface area contributed by atoms with Gasteiger partial charge in [0.25, 0.3) is 0 Å². The SMILES string of the molecule is COC1C(N2C=CC(=O)NC2)OC(CO)(COP(=O)(O)O)C1O[P+](=O)S. The second kappa shape index (κ2) is 8.61. The van der Waals surface area contributed by atoms with E-state index < -0.39 is 52.3 Å². The van der Waals surface area contributed by atoms with Gasteiger partial charge in [0, 0.05) is 19.4 Å². The molecule has 2 heterocycles. The summed E-state index contributed by atoms with van der Waals surface area (Å²) in [6.07, 6.45) is -0.475. The highest BCUT2D eigenvalue weighted by molar-refractivity contribution is 8.39. The van der Waals surface area contributed by atoms with Crippen LogP contribution in [-0.2, 0) is 32.4 Å². The normalized spacial score (nSPS) is 32.7. The number of aliphatic hydroxyl groups is 1. The van der Waals surface area contributed by atoms with Crippen LogP contribution in [0.5, 0.6) is 0 Å². The van der Waals surface area contributed by atoms with Crippen LogP contribution in [0.15, 0.2) is 12.3 Å². The molecule has 0 spiro atoms. The van der Waals surface area contributed by atoms with Crippen molar-refractivity contribution in [1.29, 1.82) is 0 Å². The first-order valence-electron chi connectivity index (χ1n) is 7.18. The van der Waals surface area contributed by atoms with Crippen molar-refractivity contribution in [2.24, 2.45) is 0 Å². The van der Waals surface area contributed by atoms with E-state index in [4.69, 9.17) is 23.8 Å². The van der Waals surface area contributed by atoms with E-state index >= 15 is 0 Å².